The van der Waals surface area contributed by atoms with Gasteiger partial charge in [-0.05, 0) is 43.1 Å². The van der Waals surface area contributed by atoms with Gasteiger partial charge in [0.1, 0.15) is 5.82 Å². The number of benzene rings is 1. The van der Waals surface area contributed by atoms with Crippen molar-refractivity contribution in [2.45, 2.75) is 20.3 Å². The Labute approximate surface area is 132 Å². The zero-order valence-electron chi connectivity index (χ0n) is 13.5. The molecule has 1 aliphatic rings. The third-order valence-electron chi connectivity index (χ3n) is 4.00. The van der Waals surface area contributed by atoms with E-state index in [2.05, 4.69) is 24.1 Å². The molecule has 0 aromatic heterocycles. The zero-order valence-corrected chi connectivity index (χ0v) is 13.5. The first-order valence-electron chi connectivity index (χ1n) is 8.05. The molecule has 0 saturated carbocycles. The Morgan fingerprint density at radius 3 is 2.41 bits per heavy atom. The topological polar surface area (TPSA) is 35.6 Å². The first-order chi connectivity index (χ1) is 10.6. The molecule has 1 aliphatic heterocycles. The number of amides is 1. The van der Waals surface area contributed by atoms with Crippen LogP contribution in [0.4, 0.5) is 10.1 Å². The fourth-order valence-corrected chi connectivity index (χ4v) is 2.56. The highest BCUT2D eigenvalue weighted by Gasteiger charge is 2.20. The van der Waals surface area contributed by atoms with Crippen molar-refractivity contribution in [3.63, 3.8) is 0 Å². The largest absolute Gasteiger partial charge is 0.368 e. The predicted molar refractivity (Wildman–Crippen MR) is 87.5 cm³/mol. The van der Waals surface area contributed by atoms with Gasteiger partial charge in [-0.1, -0.05) is 13.8 Å². The Hall–Kier alpha value is -1.62. The van der Waals surface area contributed by atoms with Gasteiger partial charge in [-0.2, -0.15) is 0 Å². The molecule has 22 heavy (non-hydrogen) atoms. The summed E-state index contributed by atoms with van der Waals surface area (Å²) in [5.74, 6) is 0.606. The van der Waals surface area contributed by atoms with Crippen molar-refractivity contribution in [1.82, 2.24) is 10.2 Å². The lowest BCUT2D eigenvalue weighted by Crippen LogP contribution is -2.51. The summed E-state index contributed by atoms with van der Waals surface area (Å²) in [4.78, 5) is 16.2. The van der Waals surface area contributed by atoms with Gasteiger partial charge in [0.2, 0.25) is 5.91 Å². The molecule has 1 amide bonds. The first kappa shape index (κ1) is 16.7. The number of carbonyl (C=O) groups excluding carboxylic acids is 1. The smallest absolute Gasteiger partial charge is 0.236 e. The molecule has 0 atom stereocenters. The molecule has 1 aromatic carbocycles. The number of piperazine rings is 1. The van der Waals surface area contributed by atoms with E-state index in [-0.39, 0.29) is 11.7 Å². The van der Waals surface area contributed by atoms with Gasteiger partial charge in [0.15, 0.2) is 0 Å². The second kappa shape index (κ2) is 8.13. The van der Waals surface area contributed by atoms with Crippen LogP contribution in [0.15, 0.2) is 24.3 Å². The highest BCUT2D eigenvalue weighted by molar-refractivity contribution is 5.78. The minimum absolute atomic E-state index is 0.169. The van der Waals surface area contributed by atoms with E-state index in [0.29, 0.717) is 12.5 Å². The van der Waals surface area contributed by atoms with Crippen LogP contribution in [0.1, 0.15) is 20.3 Å². The number of anilines is 1. The standard InChI is InChI=1S/C17H26FN3O/c1-14(2)7-8-19-13-17(22)21-11-9-20(10-12-21)16-5-3-15(18)4-6-16/h3-6,14,19H,7-13H2,1-2H3. The Balaban J connectivity index is 1.72. The van der Waals surface area contributed by atoms with E-state index in [4.69, 9.17) is 0 Å². The number of nitrogens with one attached hydrogen (secondary N) is 1. The maximum atomic E-state index is 12.9. The van der Waals surface area contributed by atoms with Crippen LogP contribution in [-0.4, -0.2) is 50.1 Å². The molecule has 0 unspecified atom stereocenters. The maximum Gasteiger partial charge on any atom is 0.236 e. The summed E-state index contributed by atoms with van der Waals surface area (Å²) in [6.07, 6.45) is 1.09. The maximum absolute atomic E-state index is 12.9. The third-order valence-corrected chi connectivity index (χ3v) is 4.00. The van der Waals surface area contributed by atoms with Crippen LogP contribution >= 0.6 is 0 Å². The van der Waals surface area contributed by atoms with Crippen molar-refractivity contribution in [2.75, 3.05) is 44.2 Å². The van der Waals surface area contributed by atoms with Gasteiger partial charge in [0.05, 0.1) is 6.54 Å². The van der Waals surface area contributed by atoms with Crippen molar-refractivity contribution in [2.24, 2.45) is 5.92 Å². The molecule has 0 spiro atoms. The van der Waals surface area contributed by atoms with Crippen molar-refractivity contribution in [3.05, 3.63) is 30.1 Å². The number of rotatable bonds is 6. The Morgan fingerprint density at radius 2 is 1.82 bits per heavy atom. The molecule has 0 bridgehead atoms. The molecule has 122 valence electrons. The number of carbonyl (C=O) groups is 1. The first-order valence-corrected chi connectivity index (χ1v) is 8.05. The molecule has 1 heterocycles. The lowest BCUT2D eigenvalue weighted by Gasteiger charge is -2.36. The molecule has 1 N–H and O–H groups in total. The summed E-state index contributed by atoms with van der Waals surface area (Å²) in [7, 11) is 0. The molecule has 1 aromatic rings. The molecule has 4 nitrogen and oxygen atoms in total. The highest BCUT2D eigenvalue weighted by Crippen LogP contribution is 2.16. The average Bonchev–Trinajstić information content (AvgIpc) is 2.52. The molecule has 2 rings (SSSR count). The van der Waals surface area contributed by atoms with Crippen molar-refractivity contribution in [1.29, 1.82) is 0 Å². The number of halogens is 1. The van der Waals surface area contributed by atoms with Crippen LogP contribution in [-0.2, 0) is 4.79 Å². The quantitative estimate of drug-likeness (QED) is 0.818. The molecule has 5 heteroatoms. The van der Waals surface area contributed by atoms with Crippen LogP contribution in [0.2, 0.25) is 0 Å². The molecule has 0 radical (unpaired) electrons. The van der Waals surface area contributed by atoms with Gasteiger partial charge in [-0.3, -0.25) is 4.79 Å². The summed E-state index contributed by atoms with van der Waals surface area (Å²) >= 11 is 0. The van der Waals surface area contributed by atoms with Gasteiger partial charge in [-0.15, -0.1) is 0 Å². The van der Waals surface area contributed by atoms with Crippen LogP contribution in [0, 0.1) is 11.7 Å². The monoisotopic (exact) mass is 307 g/mol. The van der Waals surface area contributed by atoms with Gasteiger partial charge in [0, 0.05) is 31.9 Å². The van der Waals surface area contributed by atoms with Crippen LogP contribution in [0.5, 0.6) is 0 Å². The van der Waals surface area contributed by atoms with E-state index in [1.54, 1.807) is 12.1 Å². The summed E-state index contributed by atoms with van der Waals surface area (Å²) in [6, 6.07) is 6.54. The predicted octanol–water partition coefficient (Wildman–Crippen LogP) is 2.11. The second-order valence-corrected chi connectivity index (χ2v) is 6.20. The Bertz CT molecular complexity index is 467. The summed E-state index contributed by atoms with van der Waals surface area (Å²) in [6.45, 7) is 8.70. The van der Waals surface area contributed by atoms with Gasteiger partial charge in [-0.25, -0.2) is 4.39 Å². The Kier molecular flexibility index (Phi) is 6.19. The Morgan fingerprint density at radius 1 is 1.18 bits per heavy atom. The average molecular weight is 307 g/mol. The van der Waals surface area contributed by atoms with E-state index in [9.17, 15) is 9.18 Å². The van der Waals surface area contributed by atoms with E-state index >= 15 is 0 Å². The van der Waals surface area contributed by atoms with Crippen LogP contribution in [0.25, 0.3) is 0 Å². The van der Waals surface area contributed by atoms with Crippen molar-refractivity contribution >= 4 is 11.6 Å². The fourth-order valence-electron chi connectivity index (χ4n) is 2.56. The zero-order chi connectivity index (χ0) is 15.9. The van der Waals surface area contributed by atoms with E-state index in [0.717, 1.165) is 44.8 Å². The van der Waals surface area contributed by atoms with E-state index < -0.39 is 0 Å². The third kappa shape index (κ3) is 4.98. The highest BCUT2D eigenvalue weighted by atomic mass is 19.1. The van der Waals surface area contributed by atoms with Gasteiger partial charge >= 0.3 is 0 Å². The van der Waals surface area contributed by atoms with Crippen LogP contribution < -0.4 is 10.2 Å². The van der Waals surface area contributed by atoms with Gasteiger partial charge in [0.25, 0.3) is 0 Å². The molecule has 1 fully saturated rings. The van der Waals surface area contributed by atoms with E-state index in [1.807, 2.05) is 4.90 Å². The minimum Gasteiger partial charge on any atom is -0.368 e. The number of nitrogens with zero attached hydrogens (tertiary/aromatic N) is 2. The summed E-state index contributed by atoms with van der Waals surface area (Å²) in [5.41, 5.74) is 1.02. The van der Waals surface area contributed by atoms with Crippen molar-refractivity contribution in [3.8, 4) is 0 Å². The lowest BCUT2D eigenvalue weighted by molar-refractivity contribution is -0.130. The summed E-state index contributed by atoms with van der Waals surface area (Å²) in [5, 5.41) is 3.22. The van der Waals surface area contributed by atoms with Gasteiger partial charge < -0.3 is 15.1 Å². The normalized spacial score (nSPS) is 15.5. The number of hydrogen-bond acceptors (Lipinski definition) is 3. The van der Waals surface area contributed by atoms with Crippen LogP contribution in [0.3, 0.4) is 0 Å². The SMILES string of the molecule is CC(C)CCNCC(=O)N1CCN(c2ccc(F)cc2)CC1. The summed E-state index contributed by atoms with van der Waals surface area (Å²) < 4.78 is 12.9. The van der Waals surface area contributed by atoms with Crippen molar-refractivity contribution < 1.29 is 9.18 Å². The fraction of sp³-hybridized carbons (Fsp3) is 0.588. The minimum atomic E-state index is -0.218. The lowest BCUT2D eigenvalue weighted by atomic mass is 10.1. The molecule has 0 aliphatic carbocycles. The van der Waals surface area contributed by atoms with E-state index in [1.165, 1.54) is 12.1 Å². The molecule has 1 saturated heterocycles. The second-order valence-electron chi connectivity index (χ2n) is 6.20. The number of hydrogen-bond donors (Lipinski definition) is 1. The molecular formula is C17H26FN3O. The molecular weight excluding hydrogens is 281 g/mol.